The SMILES string of the molecule is CCC(CC)(Cn1c(C(C)Cl)nc2ccccc21)SC. The Balaban J connectivity index is 2.54. The predicted molar refractivity (Wildman–Crippen MR) is 90.8 cm³/mol. The highest BCUT2D eigenvalue weighted by Gasteiger charge is 2.28. The zero-order valence-corrected chi connectivity index (χ0v) is 14.3. The number of rotatable bonds is 6. The largest absolute Gasteiger partial charge is 0.325 e. The molecule has 2 aromatic rings. The Hall–Kier alpha value is -0.670. The minimum atomic E-state index is -0.0735. The van der Waals surface area contributed by atoms with E-state index in [1.807, 2.05) is 24.8 Å². The molecule has 0 aliphatic carbocycles. The number of para-hydroxylation sites is 2. The van der Waals surface area contributed by atoms with Crippen LogP contribution in [0, 0.1) is 0 Å². The predicted octanol–water partition coefficient (Wildman–Crippen LogP) is 5.26. The van der Waals surface area contributed by atoms with Gasteiger partial charge in [-0.05, 0) is 38.2 Å². The van der Waals surface area contributed by atoms with Gasteiger partial charge in [-0.2, -0.15) is 11.8 Å². The summed E-state index contributed by atoms with van der Waals surface area (Å²) in [6.07, 6.45) is 4.50. The highest BCUT2D eigenvalue weighted by atomic mass is 35.5. The Labute approximate surface area is 130 Å². The van der Waals surface area contributed by atoms with E-state index in [2.05, 4.69) is 42.9 Å². The first-order valence-electron chi connectivity index (χ1n) is 7.21. The number of nitrogens with zero attached hydrogens (tertiary/aromatic N) is 2. The molecule has 2 nitrogen and oxygen atoms in total. The maximum atomic E-state index is 6.35. The summed E-state index contributed by atoms with van der Waals surface area (Å²) < 4.78 is 2.57. The number of hydrogen-bond donors (Lipinski definition) is 0. The highest BCUT2D eigenvalue weighted by molar-refractivity contribution is 8.00. The first-order chi connectivity index (χ1) is 9.56. The summed E-state index contributed by atoms with van der Waals surface area (Å²) in [4.78, 5) is 4.72. The van der Waals surface area contributed by atoms with Gasteiger partial charge in [-0.3, -0.25) is 0 Å². The van der Waals surface area contributed by atoms with Gasteiger partial charge in [0.15, 0.2) is 0 Å². The van der Waals surface area contributed by atoms with Crippen LogP contribution in [0.4, 0.5) is 0 Å². The fraction of sp³-hybridized carbons (Fsp3) is 0.562. The van der Waals surface area contributed by atoms with E-state index < -0.39 is 0 Å². The molecule has 110 valence electrons. The zero-order valence-electron chi connectivity index (χ0n) is 12.7. The van der Waals surface area contributed by atoms with Crippen LogP contribution in [0.2, 0.25) is 0 Å². The second-order valence-electron chi connectivity index (χ2n) is 5.26. The third kappa shape index (κ3) is 2.84. The molecule has 1 aromatic carbocycles. The molecule has 0 N–H and O–H groups in total. The summed E-state index contributed by atoms with van der Waals surface area (Å²) in [5.74, 6) is 0.980. The van der Waals surface area contributed by atoms with Gasteiger partial charge in [0.25, 0.3) is 0 Å². The minimum Gasteiger partial charge on any atom is -0.325 e. The summed E-state index contributed by atoms with van der Waals surface area (Å²) in [5, 5.41) is -0.0735. The Morgan fingerprint density at radius 3 is 2.50 bits per heavy atom. The Bertz CT molecular complexity index is 565. The number of hydrogen-bond acceptors (Lipinski definition) is 2. The van der Waals surface area contributed by atoms with Crippen molar-refractivity contribution < 1.29 is 0 Å². The Morgan fingerprint density at radius 1 is 1.30 bits per heavy atom. The topological polar surface area (TPSA) is 17.8 Å². The van der Waals surface area contributed by atoms with Crippen LogP contribution in [0.25, 0.3) is 11.0 Å². The molecule has 1 aromatic heterocycles. The molecule has 1 unspecified atom stereocenters. The van der Waals surface area contributed by atoms with Gasteiger partial charge < -0.3 is 4.57 Å². The van der Waals surface area contributed by atoms with Crippen LogP contribution in [0.15, 0.2) is 24.3 Å². The van der Waals surface area contributed by atoms with Gasteiger partial charge >= 0.3 is 0 Å². The van der Waals surface area contributed by atoms with E-state index in [0.29, 0.717) is 0 Å². The van der Waals surface area contributed by atoms with E-state index in [0.717, 1.165) is 30.7 Å². The molecule has 0 fully saturated rings. The lowest BCUT2D eigenvalue weighted by atomic mass is 10.0. The lowest BCUT2D eigenvalue weighted by molar-refractivity contribution is 0.463. The van der Waals surface area contributed by atoms with Crippen molar-refractivity contribution in [1.29, 1.82) is 0 Å². The highest BCUT2D eigenvalue weighted by Crippen LogP contribution is 2.35. The number of benzene rings is 1. The van der Waals surface area contributed by atoms with Crippen LogP contribution >= 0.6 is 23.4 Å². The molecule has 0 spiro atoms. The normalized spacial score (nSPS) is 13.8. The molecule has 0 radical (unpaired) electrons. The standard InChI is InChI=1S/C16H23ClN2S/c1-5-16(6-2,20-4)11-19-14-10-8-7-9-13(14)18-15(19)12(3)17/h7-10,12H,5-6,11H2,1-4H3. The van der Waals surface area contributed by atoms with Crippen LogP contribution in [-0.2, 0) is 6.54 Å². The molecular weight excluding hydrogens is 288 g/mol. The van der Waals surface area contributed by atoms with Gasteiger partial charge in [-0.25, -0.2) is 4.98 Å². The average molecular weight is 311 g/mol. The lowest BCUT2D eigenvalue weighted by Crippen LogP contribution is -2.29. The number of thioether (sulfide) groups is 1. The monoisotopic (exact) mass is 310 g/mol. The van der Waals surface area contributed by atoms with E-state index in [1.165, 1.54) is 5.52 Å². The first-order valence-corrected chi connectivity index (χ1v) is 8.87. The third-order valence-corrected chi connectivity index (χ3v) is 5.98. The van der Waals surface area contributed by atoms with Crippen molar-refractivity contribution in [2.45, 2.75) is 50.3 Å². The van der Waals surface area contributed by atoms with Crippen molar-refractivity contribution in [2.75, 3.05) is 6.26 Å². The van der Waals surface area contributed by atoms with Crippen LogP contribution in [0.3, 0.4) is 0 Å². The van der Waals surface area contributed by atoms with Gasteiger partial charge in [0.2, 0.25) is 0 Å². The van der Waals surface area contributed by atoms with E-state index in [4.69, 9.17) is 16.6 Å². The van der Waals surface area contributed by atoms with E-state index in [-0.39, 0.29) is 10.1 Å². The molecule has 0 aliphatic heterocycles. The van der Waals surface area contributed by atoms with Gasteiger partial charge in [-0.1, -0.05) is 26.0 Å². The van der Waals surface area contributed by atoms with E-state index in [1.54, 1.807) is 0 Å². The first kappa shape index (κ1) is 15.7. The zero-order chi connectivity index (χ0) is 14.8. The molecule has 0 saturated heterocycles. The lowest BCUT2D eigenvalue weighted by Gasteiger charge is -2.31. The fourth-order valence-electron chi connectivity index (χ4n) is 2.68. The molecule has 4 heteroatoms. The van der Waals surface area contributed by atoms with E-state index >= 15 is 0 Å². The Morgan fingerprint density at radius 2 is 1.95 bits per heavy atom. The summed E-state index contributed by atoms with van der Waals surface area (Å²) in [6.45, 7) is 7.50. The molecule has 0 saturated carbocycles. The smallest absolute Gasteiger partial charge is 0.127 e. The summed E-state index contributed by atoms with van der Waals surface area (Å²) in [7, 11) is 0. The average Bonchev–Trinajstić information content (AvgIpc) is 2.84. The van der Waals surface area contributed by atoms with Gasteiger partial charge in [-0.15, -0.1) is 11.6 Å². The van der Waals surface area contributed by atoms with Crippen LogP contribution in [0.1, 0.15) is 44.8 Å². The van der Waals surface area contributed by atoms with Crippen molar-refractivity contribution in [3.05, 3.63) is 30.1 Å². The number of aromatic nitrogens is 2. The fourth-order valence-corrected chi connectivity index (χ4v) is 3.68. The summed E-state index contributed by atoms with van der Waals surface area (Å²) in [6, 6.07) is 8.31. The van der Waals surface area contributed by atoms with Gasteiger partial charge in [0.1, 0.15) is 5.82 Å². The molecule has 0 aliphatic rings. The van der Waals surface area contributed by atoms with E-state index in [9.17, 15) is 0 Å². The van der Waals surface area contributed by atoms with Crippen LogP contribution < -0.4 is 0 Å². The molecular formula is C16H23ClN2S. The van der Waals surface area contributed by atoms with Crippen LogP contribution in [-0.4, -0.2) is 20.6 Å². The molecule has 1 heterocycles. The molecule has 0 bridgehead atoms. The number of alkyl halides is 1. The van der Waals surface area contributed by atoms with Crippen molar-refractivity contribution in [1.82, 2.24) is 9.55 Å². The van der Waals surface area contributed by atoms with Crippen molar-refractivity contribution in [3.8, 4) is 0 Å². The van der Waals surface area contributed by atoms with Gasteiger partial charge in [0.05, 0.1) is 16.4 Å². The number of halogens is 1. The number of fused-ring (bicyclic) bond motifs is 1. The van der Waals surface area contributed by atoms with Crippen molar-refractivity contribution in [2.24, 2.45) is 0 Å². The maximum absolute atomic E-state index is 6.35. The third-order valence-electron chi connectivity index (χ3n) is 4.21. The minimum absolute atomic E-state index is 0.0735. The number of imidazole rings is 1. The van der Waals surface area contributed by atoms with Gasteiger partial charge in [0, 0.05) is 11.3 Å². The summed E-state index contributed by atoms with van der Waals surface area (Å²) >= 11 is 8.30. The maximum Gasteiger partial charge on any atom is 0.127 e. The second kappa shape index (κ2) is 6.40. The Kier molecular flexibility index (Phi) is 5.03. The molecule has 20 heavy (non-hydrogen) atoms. The molecule has 2 rings (SSSR count). The van der Waals surface area contributed by atoms with Crippen LogP contribution in [0.5, 0.6) is 0 Å². The van der Waals surface area contributed by atoms with Crippen molar-refractivity contribution in [3.63, 3.8) is 0 Å². The summed E-state index contributed by atoms with van der Waals surface area (Å²) in [5.41, 5.74) is 2.23. The van der Waals surface area contributed by atoms with Crippen molar-refractivity contribution >= 4 is 34.4 Å². The molecule has 0 amide bonds. The second-order valence-corrected chi connectivity index (χ2v) is 7.18. The quantitative estimate of drug-likeness (QED) is 0.677. The molecule has 1 atom stereocenters.